The van der Waals surface area contributed by atoms with Gasteiger partial charge in [-0.25, -0.2) is 0 Å². The number of ether oxygens (including phenoxy) is 4. The zero-order chi connectivity index (χ0) is 23.8. The van der Waals surface area contributed by atoms with Crippen molar-refractivity contribution < 1.29 is 28.2 Å². The Balaban J connectivity index is 1.74. The lowest BCUT2D eigenvalue weighted by atomic mass is 9.85. The van der Waals surface area contributed by atoms with Crippen LogP contribution in [-0.2, 0) is 4.79 Å². The van der Waals surface area contributed by atoms with Gasteiger partial charge in [0.2, 0.25) is 5.43 Å². The summed E-state index contributed by atoms with van der Waals surface area (Å²) in [5, 5.41) is 0.297. The molecule has 2 heterocycles. The molecule has 4 aromatic rings. The summed E-state index contributed by atoms with van der Waals surface area (Å²) in [7, 11) is 4.64. The van der Waals surface area contributed by atoms with Crippen molar-refractivity contribution in [2.75, 3.05) is 21.3 Å². The number of esters is 1. The third kappa shape index (κ3) is 3.55. The first-order valence-electron chi connectivity index (χ1n) is 10.7. The largest absolute Gasteiger partial charge is 0.497 e. The minimum absolute atomic E-state index is 0.116. The fourth-order valence-corrected chi connectivity index (χ4v) is 4.37. The number of hydrogen-bond donors (Lipinski definition) is 0. The van der Waals surface area contributed by atoms with Gasteiger partial charge < -0.3 is 23.4 Å². The molecule has 0 saturated carbocycles. The highest BCUT2D eigenvalue weighted by Crippen LogP contribution is 2.46. The lowest BCUT2D eigenvalue weighted by Gasteiger charge is -2.26. The third-order valence-electron chi connectivity index (χ3n) is 6.09. The molecule has 3 aromatic carbocycles. The van der Waals surface area contributed by atoms with E-state index in [0.717, 1.165) is 5.56 Å². The second-order valence-corrected chi connectivity index (χ2v) is 7.91. The fraction of sp³-hybridized carbons (Fsp3) is 0.185. The van der Waals surface area contributed by atoms with Crippen molar-refractivity contribution in [3.8, 4) is 34.1 Å². The van der Waals surface area contributed by atoms with E-state index in [9.17, 15) is 9.59 Å². The summed E-state index contributed by atoms with van der Waals surface area (Å²) < 4.78 is 27.6. The van der Waals surface area contributed by atoms with E-state index in [1.54, 1.807) is 44.6 Å². The van der Waals surface area contributed by atoms with Crippen LogP contribution in [0.3, 0.4) is 0 Å². The van der Waals surface area contributed by atoms with Gasteiger partial charge in [0.1, 0.15) is 40.2 Å². The van der Waals surface area contributed by atoms with Crippen LogP contribution in [0.1, 0.15) is 23.5 Å². The van der Waals surface area contributed by atoms with Crippen LogP contribution >= 0.6 is 0 Å². The summed E-state index contributed by atoms with van der Waals surface area (Å²) in [6.45, 7) is 0. The maximum atomic E-state index is 13.6. The quantitative estimate of drug-likeness (QED) is 0.310. The number of rotatable bonds is 5. The normalized spacial score (nSPS) is 14.9. The van der Waals surface area contributed by atoms with Gasteiger partial charge in [0.05, 0.1) is 33.3 Å². The summed E-state index contributed by atoms with van der Waals surface area (Å²) >= 11 is 0. The van der Waals surface area contributed by atoms with Crippen LogP contribution < -0.4 is 24.4 Å². The van der Waals surface area contributed by atoms with E-state index in [2.05, 4.69) is 0 Å². The highest BCUT2D eigenvalue weighted by molar-refractivity contribution is 5.94. The Morgan fingerprint density at radius 1 is 0.853 bits per heavy atom. The summed E-state index contributed by atoms with van der Waals surface area (Å²) in [4.78, 5) is 26.1. The number of carbonyl (C=O) groups is 1. The van der Waals surface area contributed by atoms with Crippen LogP contribution in [0.25, 0.3) is 22.1 Å². The molecule has 172 valence electrons. The molecule has 0 fully saturated rings. The van der Waals surface area contributed by atoms with Crippen LogP contribution in [0.2, 0.25) is 0 Å². The molecule has 34 heavy (non-hydrogen) atoms. The van der Waals surface area contributed by atoms with Crippen molar-refractivity contribution in [2.24, 2.45) is 0 Å². The topological polar surface area (TPSA) is 84.2 Å². The molecule has 7 nitrogen and oxygen atoms in total. The maximum absolute atomic E-state index is 13.6. The van der Waals surface area contributed by atoms with Gasteiger partial charge in [0.15, 0.2) is 0 Å². The Kier molecular flexibility index (Phi) is 5.45. The summed E-state index contributed by atoms with van der Waals surface area (Å²) in [6, 6.07) is 16.2. The van der Waals surface area contributed by atoms with E-state index in [1.807, 2.05) is 24.3 Å². The lowest BCUT2D eigenvalue weighted by molar-refractivity contribution is -0.135. The number of carbonyl (C=O) groups excluding carboxylic acids is 1. The smallest absolute Gasteiger partial charge is 0.312 e. The summed E-state index contributed by atoms with van der Waals surface area (Å²) in [6.07, 6.45) is 1.55. The van der Waals surface area contributed by atoms with Gasteiger partial charge in [-0.1, -0.05) is 24.3 Å². The minimum atomic E-state index is -0.369. The van der Waals surface area contributed by atoms with Crippen molar-refractivity contribution in [1.29, 1.82) is 0 Å². The predicted octanol–water partition coefficient (Wildman–Crippen LogP) is 4.93. The molecule has 1 aliphatic rings. The van der Waals surface area contributed by atoms with Gasteiger partial charge >= 0.3 is 5.97 Å². The second-order valence-electron chi connectivity index (χ2n) is 7.91. The Morgan fingerprint density at radius 2 is 1.50 bits per heavy atom. The fourth-order valence-electron chi connectivity index (χ4n) is 4.37. The van der Waals surface area contributed by atoms with E-state index in [1.165, 1.54) is 13.4 Å². The molecule has 0 amide bonds. The van der Waals surface area contributed by atoms with E-state index in [-0.39, 0.29) is 29.5 Å². The molecular formula is C27H22O7. The van der Waals surface area contributed by atoms with Crippen molar-refractivity contribution in [3.63, 3.8) is 0 Å². The van der Waals surface area contributed by atoms with Crippen LogP contribution in [0, 0.1) is 0 Å². The Bertz CT molecular complexity index is 1430. The van der Waals surface area contributed by atoms with Gasteiger partial charge in [-0.2, -0.15) is 0 Å². The van der Waals surface area contributed by atoms with E-state index in [4.69, 9.17) is 23.4 Å². The zero-order valence-corrected chi connectivity index (χ0v) is 18.9. The highest BCUT2D eigenvalue weighted by Gasteiger charge is 2.34. The Morgan fingerprint density at radius 3 is 2.12 bits per heavy atom. The van der Waals surface area contributed by atoms with Crippen molar-refractivity contribution in [2.45, 2.75) is 12.3 Å². The number of hydrogen-bond acceptors (Lipinski definition) is 7. The molecular weight excluding hydrogens is 436 g/mol. The molecule has 0 bridgehead atoms. The highest BCUT2D eigenvalue weighted by atomic mass is 16.5. The van der Waals surface area contributed by atoms with Crippen LogP contribution in [0.15, 0.2) is 70.1 Å². The van der Waals surface area contributed by atoms with Gasteiger partial charge in [0.25, 0.3) is 0 Å². The predicted molar refractivity (Wildman–Crippen MR) is 126 cm³/mol. The van der Waals surface area contributed by atoms with Crippen molar-refractivity contribution in [3.05, 3.63) is 82.2 Å². The van der Waals surface area contributed by atoms with Crippen molar-refractivity contribution >= 4 is 16.9 Å². The van der Waals surface area contributed by atoms with Gasteiger partial charge in [-0.15, -0.1) is 0 Å². The molecule has 7 heteroatoms. The lowest BCUT2D eigenvalue weighted by Crippen LogP contribution is -2.22. The molecule has 0 aliphatic carbocycles. The Hall–Kier alpha value is -4.26. The van der Waals surface area contributed by atoms with Gasteiger partial charge in [0, 0.05) is 17.5 Å². The van der Waals surface area contributed by atoms with E-state index < -0.39 is 0 Å². The second kappa shape index (κ2) is 8.59. The first kappa shape index (κ1) is 21.6. The average Bonchev–Trinajstić information content (AvgIpc) is 2.87. The molecule has 0 unspecified atom stereocenters. The third-order valence-corrected chi connectivity index (χ3v) is 6.09. The standard InChI is InChI=1S/C27H22O7/c1-30-17-8-4-15(5-9-17)19-12-23(28)34-22-13-21(32-3)25-26(29)20(14-33-27(25)24(19)22)16-6-10-18(31-2)11-7-16/h4-11,13-14,19H,12H2,1-3H3/t19-/m0/s1. The number of benzene rings is 3. The average molecular weight is 458 g/mol. The first-order valence-corrected chi connectivity index (χ1v) is 10.7. The molecule has 0 saturated heterocycles. The summed E-state index contributed by atoms with van der Waals surface area (Å²) in [5.41, 5.74) is 2.70. The van der Waals surface area contributed by atoms with Crippen LogP contribution in [0.4, 0.5) is 0 Å². The molecule has 0 N–H and O–H groups in total. The number of methoxy groups -OCH3 is 3. The zero-order valence-electron chi connectivity index (χ0n) is 18.9. The molecule has 1 atom stereocenters. The molecule has 1 aromatic heterocycles. The number of fused-ring (bicyclic) bond motifs is 3. The monoisotopic (exact) mass is 458 g/mol. The van der Waals surface area contributed by atoms with Gasteiger partial charge in [-0.05, 0) is 35.4 Å². The van der Waals surface area contributed by atoms with E-state index >= 15 is 0 Å². The van der Waals surface area contributed by atoms with Gasteiger partial charge in [-0.3, -0.25) is 9.59 Å². The maximum Gasteiger partial charge on any atom is 0.312 e. The van der Waals surface area contributed by atoms with E-state index in [0.29, 0.717) is 44.9 Å². The van der Waals surface area contributed by atoms with Crippen LogP contribution in [-0.4, -0.2) is 27.3 Å². The summed E-state index contributed by atoms with van der Waals surface area (Å²) in [5.74, 6) is 1.27. The molecule has 0 spiro atoms. The first-order chi connectivity index (χ1) is 16.5. The van der Waals surface area contributed by atoms with Crippen molar-refractivity contribution in [1.82, 2.24) is 0 Å². The minimum Gasteiger partial charge on any atom is -0.497 e. The molecule has 5 rings (SSSR count). The molecule has 0 radical (unpaired) electrons. The SMILES string of the molecule is COc1ccc(-c2coc3c4c(cc(OC)c3c2=O)OC(=O)C[C@H]4c2ccc(OC)cc2)cc1. The van der Waals surface area contributed by atoms with Crippen LogP contribution in [0.5, 0.6) is 23.0 Å². The Labute approximate surface area is 195 Å². The molecule has 1 aliphatic heterocycles.